The molecular weight excluding hydrogens is 236 g/mol. The Morgan fingerprint density at radius 3 is 2.47 bits per heavy atom. The molecule has 1 atom stereocenters. The van der Waals surface area contributed by atoms with Crippen LogP contribution in [0.5, 0.6) is 5.75 Å². The van der Waals surface area contributed by atoms with Gasteiger partial charge in [0.05, 0.1) is 0 Å². The number of anilines is 1. The quantitative estimate of drug-likeness (QED) is 0.739. The van der Waals surface area contributed by atoms with E-state index < -0.39 is 0 Å². The number of hydrogen-bond donors (Lipinski definition) is 1. The molecule has 1 aromatic rings. The van der Waals surface area contributed by atoms with Gasteiger partial charge in [0, 0.05) is 18.8 Å². The maximum absolute atomic E-state index is 5.67. The first kappa shape index (κ1) is 15.8. The third-order valence-electron chi connectivity index (χ3n) is 3.10. The SMILES string of the molecule is CCCC(C)CNc1ccc(OCCN(C)C)cc1. The highest BCUT2D eigenvalue weighted by Gasteiger charge is 2.01. The molecule has 19 heavy (non-hydrogen) atoms. The molecule has 0 spiro atoms. The first-order chi connectivity index (χ1) is 9.11. The van der Waals surface area contributed by atoms with Gasteiger partial charge < -0.3 is 15.0 Å². The van der Waals surface area contributed by atoms with E-state index in [0.717, 1.165) is 31.4 Å². The number of nitrogens with one attached hydrogen (secondary N) is 1. The summed E-state index contributed by atoms with van der Waals surface area (Å²) >= 11 is 0. The standard InChI is InChI=1S/C16H28N2O/c1-5-6-14(2)13-17-15-7-9-16(10-8-15)19-12-11-18(3)4/h7-10,14,17H,5-6,11-13H2,1-4H3. The van der Waals surface area contributed by atoms with Gasteiger partial charge in [-0.1, -0.05) is 20.3 Å². The Morgan fingerprint density at radius 1 is 1.21 bits per heavy atom. The lowest BCUT2D eigenvalue weighted by Crippen LogP contribution is -2.19. The van der Waals surface area contributed by atoms with Gasteiger partial charge in [0.2, 0.25) is 0 Å². The number of likely N-dealkylation sites (N-methyl/N-ethyl adjacent to an activating group) is 1. The van der Waals surface area contributed by atoms with Crippen molar-refractivity contribution >= 4 is 5.69 Å². The highest BCUT2D eigenvalue weighted by molar-refractivity contribution is 5.46. The maximum Gasteiger partial charge on any atom is 0.119 e. The van der Waals surface area contributed by atoms with Crippen LogP contribution >= 0.6 is 0 Å². The van der Waals surface area contributed by atoms with Crippen LogP contribution < -0.4 is 10.1 Å². The van der Waals surface area contributed by atoms with E-state index in [9.17, 15) is 0 Å². The molecule has 3 heteroatoms. The fraction of sp³-hybridized carbons (Fsp3) is 0.625. The lowest BCUT2D eigenvalue weighted by Gasteiger charge is -2.14. The molecule has 0 fully saturated rings. The van der Waals surface area contributed by atoms with Gasteiger partial charge >= 0.3 is 0 Å². The predicted molar refractivity (Wildman–Crippen MR) is 83.1 cm³/mol. The van der Waals surface area contributed by atoms with Gasteiger partial charge in [0.25, 0.3) is 0 Å². The number of rotatable bonds is 9. The molecule has 0 aliphatic heterocycles. The van der Waals surface area contributed by atoms with E-state index in [0.29, 0.717) is 0 Å². The largest absolute Gasteiger partial charge is 0.492 e. The van der Waals surface area contributed by atoms with E-state index in [1.165, 1.54) is 18.5 Å². The summed E-state index contributed by atoms with van der Waals surface area (Å²) in [5, 5.41) is 3.47. The van der Waals surface area contributed by atoms with Crippen molar-refractivity contribution in [1.82, 2.24) is 4.90 Å². The molecule has 1 unspecified atom stereocenters. The normalized spacial score (nSPS) is 12.5. The predicted octanol–water partition coefficient (Wildman–Crippen LogP) is 3.48. The summed E-state index contributed by atoms with van der Waals surface area (Å²) in [4.78, 5) is 2.12. The van der Waals surface area contributed by atoms with E-state index in [4.69, 9.17) is 4.74 Å². The van der Waals surface area contributed by atoms with Crippen LogP contribution in [0.2, 0.25) is 0 Å². The molecule has 108 valence electrons. The van der Waals surface area contributed by atoms with Crippen molar-refractivity contribution in [3.05, 3.63) is 24.3 Å². The monoisotopic (exact) mass is 264 g/mol. The van der Waals surface area contributed by atoms with E-state index >= 15 is 0 Å². The van der Waals surface area contributed by atoms with Crippen LogP contribution in [0.25, 0.3) is 0 Å². The second-order valence-corrected chi connectivity index (χ2v) is 5.45. The zero-order valence-corrected chi connectivity index (χ0v) is 12.8. The molecule has 3 nitrogen and oxygen atoms in total. The maximum atomic E-state index is 5.67. The Morgan fingerprint density at radius 2 is 1.89 bits per heavy atom. The van der Waals surface area contributed by atoms with Gasteiger partial charge in [-0.05, 0) is 50.7 Å². The summed E-state index contributed by atoms with van der Waals surface area (Å²) in [6.45, 7) is 7.22. The van der Waals surface area contributed by atoms with Crippen molar-refractivity contribution in [2.75, 3.05) is 39.1 Å². The van der Waals surface area contributed by atoms with Crippen LogP contribution in [0.4, 0.5) is 5.69 Å². The number of nitrogens with zero attached hydrogens (tertiary/aromatic N) is 1. The first-order valence-corrected chi connectivity index (χ1v) is 7.23. The Balaban J connectivity index is 2.30. The van der Waals surface area contributed by atoms with Gasteiger partial charge in [-0.15, -0.1) is 0 Å². The highest BCUT2D eigenvalue weighted by atomic mass is 16.5. The fourth-order valence-electron chi connectivity index (χ4n) is 1.90. The summed E-state index contributed by atoms with van der Waals surface area (Å²) in [6, 6.07) is 8.23. The molecule has 0 radical (unpaired) electrons. The minimum Gasteiger partial charge on any atom is -0.492 e. The topological polar surface area (TPSA) is 24.5 Å². The Hall–Kier alpha value is -1.22. The second-order valence-electron chi connectivity index (χ2n) is 5.45. The van der Waals surface area contributed by atoms with Crippen molar-refractivity contribution in [3.8, 4) is 5.75 Å². The molecule has 0 bridgehead atoms. The van der Waals surface area contributed by atoms with E-state index in [-0.39, 0.29) is 0 Å². The molecular formula is C16H28N2O. The van der Waals surface area contributed by atoms with Gasteiger partial charge in [-0.2, -0.15) is 0 Å². The Labute approximate surface area is 118 Å². The van der Waals surface area contributed by atoms with Crippen LogP contribution in [-0.2, 0) is 0 Å². The summed E-state index contributed by atoms with van der Waals surface area (Å²) in [5.74, 6) is 1.66. The summed E-state index contributed by atoms with van der Waals surface area (Å²) in [6.07, 6.45) is 2.53. The average molecular weight is 264 g/mol. The molecule has 0 amide bonds. The summed E-state index contributed by atoms with van der Waals surface area (Å²) < 4.78 is 5.67. The molecule has 0 saturated carbocycles. The second kappa shape index (κ2) is 8.81. The lowest BCUT2D eigenvalue weighted by atomic mass is 10.1. The van der Waals surface area contributed by atoms with Crippen molar-refractivity contribution in [2.24, 2.45) is 5.92 Å². The minimum atomic E-state index is 0.723. The lowest BCUT2D eigenvalue weighted by molar-refractivity contribution is 0.261. The molecule has 0 aromatic heterocycles. The molecule has 0 saturated heterocycles. The van der Waals surface area contributed by atoms with Crippen molar-refractivity contribution in [1.29, 1.82) is 0 Å². The van der Waals surface area contributed by atoms with Crippen molar-refractivity contribution in [2.45, 2.75) is 26.7 Å². The van der Waals surface area contributed by atoms with Crippen LogP contribution in [0.15, 0.2) is 24.3 Å². The number of benzene rings is 1. The van der Waals surface area contributed by atoms with Crippen molar-refractivity contribution in [3.63, 3.8) is 0 Å². The zero-order chi connectivity index (χ0) is 14.1. The first-order valence-electron chi connectivity index (χ1n) is 7.23. The van der Waals surface area contributed by atoms with Crippen LogP contribution in [0.1, 0.15) is 26.7 Å². The van der Waals surface area contributed by atoms with E-state index in [1.807, 2.05) is 26.2 Å². The average Bonchev–Trinajstić information content (AvgIpc) is 2.38. The molecule has 1 N–H and O–H groups in total. The molecule has 1 aromatic carbocycles. The zero-order valence-electron chi connectivity index (χ0n) is 12.8. The smallest absolute Gasteiger partial charge is 0.119 e. The third kappa shape index (κ3) is 7.06. The van der Waals surface area contributed by atoms with Gasteiger partial charge in [0.1, 0.15) is 12.4 Å². The van der Waals surface area contributed by atoms with E-state index in [2.05, 4.69) is 36.2 Å². The van der Waals surface area contributed by atoms with Crippen molar-refractivity contribution < 1.29 is 4.74 Å². The van der Waals surface area contributed by atoms with Gasteiger partial charge in [-0.3, -0.25) is 0 Å². The molecule has 1 rings (SSSR count). The fourth-order valence-corrected chi connectivity index (χ4v) is 1.90. The van der Waals surface area contributed by atoms with Crippen LogP contribution in [-0.4, -0.2) is 38.7 Å². The minimum absolute atomic E-state index is 0.723. The van der Waals surface area contributed by atoms with Crippen LogP contribution in [0.3, 0.4) is 0 Å². The Kier molecular flexibility index (Phi) is 7.34. The van der Waals surface area contributed by atoms with Gasteiger partial charge in [-0.25, -0.2) is 0 Å². The van der Waals surface area contributed by atoms with Gasteiger partial charge in [0.15, 0.2) is 0 Å². The highest BCUT2D eigenvalue weighted by Crippen LogP contribution is 2.16. The molecule has 0 aliphatic rings. The van der Waals surface area contributed by atoms with E-state index in [1.54, 1.807) is 0 Å². The summed E-state index contributed by atoms with van der Waals surface area (Å²) in [7, 11) is 4.10. The summed E-state index contributed by atoms with van der Waals surface area (Å²) in [5.41, 5.74) is 1.17. The van der Waals surface area contributed by atoms with Crippen LogP contribution in [0, 0.1) is 5.92 Å². The molecule has 0 heterocycles. The third-order valence-corrected chi connectivity index (χ3v) is 3.10. The molecule has 0 aliphatic carbocycles. The number of ether oxygens (including phenoxy) is 1. The Bertz CT molecular complexity index is 335. The number of hydrogen-bond acceptors (Lipinski definition) is 3.